The highest BCUT2D eigenvalue weighted by molar-refractivity contribution is 6.52. The molecule has 6 nitrogen and oxygen atoms in total. The fraction of sp³-hybridized carbons (Fsp3) is 0.143. The number of hydrogen-bond acceptors (Lipinski definition) is 6. The highest BCUT2D eigenvalue weighted by Gasteiger charge is 2.38. The average Bonchev–Trinajstić information content (AvgIpc) is 2.82. The van der Waals surface area contributed by atoms with Crippen LogP contribution >= 0.6 is 0 Å². The number of rotatable bonds is 1. The smallest absolute Gasteiger partial charge is 0.201 e. The maximum absolute atomic E-state index is 13.6. The quantitative estimate of drug-likeness (QED) is 0.351. The number of hydrogen-bond donors (Lipinski definition) is 4. The zero-order valence-corrected chi connectivity index (χ0v) is 18.7. The van der Waals surface area contributed by atoms with Crippen LogP contribution in [0.5, 0.6) is 0 Å². The topological polar surface area (TPSA) is 85.8 Å². The van der Waals surface area contributed by atoms with Crippen LogP contribution in [0.3, 0.4) is 0 Å². The molecular formula is C28H22N4O2. The summed E-state index contributed by atoms with van der Waals surface area (Å²) in [5.74, 6) is -0.131. The van der Waals surface area contributed by atoms with Gasteiger partial charge in [-0.1, -0.05) is 48.5 Å². The summed E-state index contributed by atoms with van der Waals surface area (Å²) in [5.41, 5.74) is 4.29. The van der Waals surface area contributed by atoms with Crippen molar-refractivity contribution in [3.63, 3.8) is 0 Å². The number of ketones is 1. The second-order valence-corrected chi connectivity index (χ2v) is 9.14. The van der Waals surface area contributed by atoms with Crippen molar-refractivity contribution in [3.8, 4) is 0 Å². The zero-order chi connectivity index (χ0) is 23.1. The second kappa shape index (κ2) is 6.60. The fourth-order valence-electron chi connectivity index (χ4n) is 5.51. The van der Waals surface area contributed by atoms with E-state index in [0.29, 0.717) is 16.4 Å². The number of allylic oxidation sites excluding steroid dienone is 2. The van der Waals surface area contributed by atoms with Gasteiger partial charge in [0.1, 0.15) is 11.9 Å². The van der Waals surface area contributed by atoms with Crippen LogP contribution in [-0.4, -0.2) is 23.2 Å². The van der Waals surface area contributed by atoms with Gasteiger partial charge in [-0.3, -0.25) is 9.79 Å². The average molecular weight is 447 g/mol. The number of nitrogens with zero attached hydrogens (tertiary/aromatic N) is 1. The lowest BCUT2D eigenvalue weighted by molar-refractivity contribution is -0.109. The maximum Gasteiger partial charge on any atom is 0.201 e. The number of aliphatic hydroxyl groups excluding tert-OH is 1. The van der Waals surface area contributed by atoms with Gasteiger partial charge in [-0.25, -0.2) is 0 Å². The Morgan fingerprint density at radius 1 is 0.794 bits per heavy atom. The largest absolute Gasteiger partial charge is 0.506 e. The minimum Gasteiger partial charge on any atom is -0.506 e. The van der Waals surface area contributed by atoms with Gasteiger partial charge in [0.25, 0.3) is 0 Å². The summed E-state index contributed by atoms with van der Waals surface area (Å²) in [7, 11) is 0. The van der Waals surface area contributed by atoms with Gasteiger partial charge < -0.3 is 21.1 Å². The molecule has 0 aromatic heterocycles. The minimum absolute atomic E-state index is 0.00298. The number of aliphatic hydroxyl groups is 1. The van der Waals surface area contributed by atoms with Crippen LogP contribution in [0.2, 0.25) is 0 Å². The van der Waals surface area contributed by atoms with E-state index in [1.54, 1.807) is 0 Å². The first-order valence-electron chi connectivity index (χ1n) is 11.5. The van der Waals surface area contributed by atoms with Crippen molar-refractivity contribution in [3.05, 3.63) is 82.6 Å². The van der Waals surface area contributed by atoms with Crippen LogP contribution in [-0.2, 0) is 4.79 Å². The van der Waals surface area contributed by atoms with Gasteiger partial charge in [0.2, 0.25) is 5.78 Å². The van der Waals surface area contributed by atoms with Gasteiger partial charge in [-0.15, -0.1) is 0 Å². The molecule has 4 N–H and O–H groups in total. The molecule has 0 saturated carbocycles. The highest BCUT2D eigenvalue weighted by atomic mass is 16.3. The van der Waals surface area contributed by atoms with E-state index in [1.807, 2.05) is 74.5 Å². The van der Waals surface area contributed by atoms with E-state index < -0.39 is 0 Å². The monoisotopic (exact) mass is 446 g/mol. The Morgan fingerprint density at radius 2 is 1.50 bits per heavy atom. The number of benzene rings is 4. The van der Waals surface area contributed by atoms with Crippen molar-refractivity contribution < 1.29 is 9.90 Å². The molecule has 4 aromatic carbocycles. The molecule has 1 aliphatic carbocycles. The lowest BCUT2D eigenvalue weighted by atomic mass is 9.80. The Labute approximate surface area is 195 Å². The predicted octanol–water partition coefficient (Wildman–Crippen LogP) is 4.27. The van der Waals surface area contributed by atoms with Crippen molar-refractivity contribution in [2.75, 3.05) is 16.0 Å². The van der Waals surface area contributed by atoms with E-state index in [1.165, 1.54) is 0 Å². The van der Waals surface area contributed by atoms with Crippen molar-refractivity contribution in [2.24, 2.45) is 4.99 Å². The molecule has 0 spiro atoms. The molecule has 6 heteroatoms. The summed E-state index contributed by atoms with van der Waals surface area (Å²) in [6, 6.07) is 20.0. The third-order valence-corrected chi connectivity index (χ3v) is 6.95. The minimum atomic E-state index is -0.159. The molecule has 166 valence electrons. The van der Waals surface area contributed by atoms with E-state index in [0.717, 1.165) is 49.5 Å². The van der Waals surface area contributed by atoms with Crippen LogP contribution in [0.1, 0.15) is 19.4 Å². The standard InChI is InChI=1S/C28H22N4O2/c1-13-29-19-7-3-5-15-9-11-17(25(31-13)21(15)19)23-27(33)24(28(23)34)18-12-10-16-6-4-8-20-22(16)26(18)32-14(2)30-20/h3-14,29-31,33H,1-2H3. The van der Waals surface area contributed by atoms with Crippen LogP contribution < -0.4 is 26.5 Å². The highest BCUT2D eigenvalue weighted by Crippen LogP contribution is 2.45. The van der Waals surface area contributed by atoms with E-state index >= 15 is 0 Å². The van der Waals surface area contributed by atoms with Gasteiger partial charge in [-0.2, -0.15) is 0 Å². The molecule has 0 amide bonds. The first-order valence-corrected chi connectivity index (χ1v) is 11.5. The summed E-state index contributed by atoms with van der Waals surface area (Å²) in [5, 5.41) is 27.1. The fourth-order valence-corrected chi connectivity index (χ4v) is 5.51. The van der Waals surface area contributed by atoms with Crippen LogP contribution in [0.4, 0.5) is 17.1 Å². The number of nitrogens with one attached hydrogen (secondary N) is 3. The van der Waals surface area contributed by atoms with Gasteiger partial charge in [0.05, 0.1) is 28.4 Å². The normalized spacial score (nSPS) is 22.0. The molecular weight excluding hydrogens is 424 g/mol. The summed E-state index contributed by atoms with van der Waals surface area (Å²) in [6.07, 6.45) is -0.126. The zero-order valence-electron chi connectivity index (χ0n) is 18.7. The van der Waals surface area contributed by atoms with Gasteiger partial charge >= 0.3 is 0 Å². The lowest BCUT2D eigenvalue weighted by Crippen LogP contribution is -2.39. The molecule has 2 aliphatic heterocycles. The first-order chi connectivity index (χ1) is 16.5. The van der Waals surface area contributed by atoms with Gasteiger partial charge in [0.15, 0.2) is 0 Å². The second-order valence-electron chi connectivity index (χ2n) is 9.14. The molecule has 2 atom stereocenters. The van der Waals surface area contributed by atoms with Crippen molar-refractivity contribution in [1.29, 1.82) is 0 Å². The molecule has 0 saturated heterocycles. The van der Waals surface area contributed by atoms with Crippen LogP contribution in [0.25, 0.3) is 32.7 Å². The van der Waals surface area contributed by atoms with E-state index in [4.69, 9.17) is 4.99 Å². The molecule has 0 radical (unpaired) electrons. The third kappa shape index (κ3) is 2.45. The Balaban J connectivity index is 1.52. The third-order valence-electron chi connectivity index (χ3n) is 6.95. The summed E-state index contributed by atoms with van der Waals surface area (Å²) in [6.45, 7) is 4.01. The van der Waals surface area contributed by atoms with E-state index in [9.17, 15) is 9.90 Å². The van der Waals surface area contributed by atoms with Crippen LogP contribution in [0, 0.1) is 0 Å². The molecule has 2 heterocycles. The molecule has 0 fully saturated rings. The Hall–Kier alpha value is -4.32. The molecule has 7 rings (SSSR count). The van der Waals surface area contributed by atoms with Crippen LogP contribution in [0.15, 0.2) is 71.4 Å². The Bertz CT molecular complexity index is 1750. The number of anilines is 3. The Kier molecular flexibility index (Phi) is 3.73. The summed E-state index contributed by atoms with van der Waals surface area (Å²) < 4.78 is 0. The van der Waals surface area contributed by atoms with Gasteiger partial charge in [0, 0.05) is 32.9 Å². The molecule has 2 unspecified atom stereocenters. The molecule has 34 heavy (non-hydrogen) atoms. The molecule has 0 bridgehead atoms. The summed E-state index contributed by atoms with van der Waals surface area (Å²) in [4.78, 5) is 18.4. The Morgan fingerprint density at radius 3 is 2.26 bits per heavy atom. The van der Waals surface area contributed by atoms with Crippen molar-refractivity contribution >= 4 is 55.5 Å². The van der Waals surface area contributed by atoms with Crippen molar-refractivity contribution in [2.45, 2.75) is 26.2 Å². The van der Waals surface area contributed by atoms with Gasteiger partial charge in [-0.05, 0) is 36.8 Å². The van der Waals surface area contributed by atoms with Crippen molar-refractivity contribution in [1.82, 2.24) is 0 Å². The maximum atomic E-state index is 13.6. The molecule has 4 aromatic rings. The number of carbonyl (C=O) groups excluding carboxylic acids is 1. The predicted molar refractivity (Wildman–Crippen MR) is 136 cm³/mol. The molecule has 3 aliphatic rings. The summed E-state index contributed by atoms with van der Waals surface area (Å²) >= 11 is 0. The SMILES string of the molecule is CC1N=c2c(=C3C(=O)C(c4ccc5cccc6c5c4NC(C)N6)=C3O)ccc3cccc(c23)N1. The first kappa shape index (κ1) is 19.2. The number of carbonyl (C=O) groups is 1. The van der Waals surface area contributed by atoms with E-state index in [-0.39, 0.29) is 23.9 Å². The lowest BCUT2D eigenvalue weighted by Gasteiger charge is -2.31. The number of Topliss-reactive ketones (excluding diaryl/α,β-unsaturated/α-hetero) is 1. The van der Waals surface area contributed by atoms with E-state index in [2.05, 4.69) is 16.0 Å².